The number of Topliss-reactive ketones (excluding diaryl/α,β-unsaturated/α-hetero) is 1. The number of piperidine rings is 1. The highest BCUT2D eigenvalue weighted by molar-refractivity contribution is 5.98. The first-order valence-electron chi connectivity index (χ1n) is 8.15. The van der Waals surface area contributed by atoms with Crippen molar-refractivity contribution in [3.05, 3.63) is 35.6 Å². The van der Waals surface area contributed by atoms with Crippen LogP contribution in [-0.4, -0.2) is 29.7 Å². The fourth-order valence-corrected chi connectivity index (χ4v) is 3.11. The summed E-state index contributed by atoms with van der Waals surface area (Å²) in [6.45, 7) is 5.37. The number of ketones is 1. The van der Waals surface area contributed by atoms with Crippen LogP contribution in [0.1, 0.15) is 49.9 Å². The van der Waals surface area contributed by atoms with Gasteiger partial charge in [-0.05, 0) is 49.9 Å². The molecule has 0 saturated carbocycles. The second-order valence-electron chi connectivity index (χ2n) is 5.98. The molecule has 3 nitrogen and oxygen atoms in total. The van der Waals surface area contributed by atoms with E-state index in [2.05, 4.69) is 0 Å². The van der Waals surface area contributed by atoms with Crippen LogP contribution in [0.4, 0.5) is 4.39 Å². The summed E-state index contributed by atoms with van der Waals surface area (Å²) in [4.78, 5) is 26.6. The molecular weight excluding hydrogens is 281 g/mol. The van der Waals surface area contributed by atoms with Gasteiger partial charge in [0, 0.05) is 30.5 Å². The molecule has 2 rings (SSSR count). The van der Waals surface area contributed by atoms with Gasteiger partial charge in [0.25, 0.3) is 0 Å². The van der Waals surface area contributed by atoms with Gasteiger partial charge < -0.3 is 4.90 Å². The summed E-state index contributed by atoms with van der Waals surface area (Å²) in [7, 11) is 0. The molecule has 1 amide bonds. The third kappa shape index (κ3) is 3.73. The maximum atomic E-state index is 12.9. The number of hydrogen-bond donors (Lipinski definition) is 0. The third-order valence-electron chi connectivity index (χ3n) is 4.64. The van der Waals surface area contributed by atoms with Gasteiger partial charge >= 0.3 is 0 Å². The number of benzene rings is 1. The van der Waals surface area contributed by atoms with Crippen LogP contribution in [-0.2, 0) is 4.79 Å². The van der Waals surface area contributed by atoms with Gasteiger partial charge in [-0.1, -0.05) is 13.8 Å². The Kier molecular flexibility index (Phi) is 5.69. The molecule has 1 aliphatic heterocycles. The molecule has 0 atom stereocenters. The van der Waals surface area contributed by atoms with Crippen molar-refractivity contribution in [1.82, 2.24) is 4.90 Å². The predicted molar refractivity (Wildman–Crippen MR) is 84.1 cm³/mol. The maximum Gasteiger partial charge on any atom is 0.225 e. The minimum atomic E-state index is -0.331. The minimum absolute atomic E-state index is 0.0591. The van der Waals surface area contributed by atoms with Gasteiger partial charge in [-0.2, -0.15) is 0 Å². The van der Waals surface area contributed by atoms with Gasteiger partial charge in [0.2, 0.25) is 5.91 Å². The van der Waals surface area contributed by atoms with E-state index in [1.54, 1.807) is 12.1 Å². The van der Waals surface area contributed by atoms with E-state index in [0.717, 1.165) is 12.8 Å². The minimum Gasteiger partial charge on any atom is -0.342 e. The first-order valence-corrected chi connectivity index (χ1v) is 8.15. The van der Waals surface area contributed by atoms with Gasteiger partial charge in [-0.25, -0.2) is 4.39 Å². The Balaban J connectivity index is 1.93. The molecule has 1 aliphatic rings. The van der Waals surface area contributed by atoms with Crippen LogP contribution in [0.25, 0.3) is 0 Å². The number of amides is 1. The summed E-state index contributed by atoms with van der Waals surface area (Å²) in [6, 6.07) is 5.72. The fraction of sp³-hybridized carbons (Fsp3) is 0.556. The molecule has 1 fully saturated rings. The van der Waals surface area contributed by atoms with Gasteiger partial charge in [0.1, 0.15) is 5.82 Å². The lowest BCUT2D eigenvalue weighted by Gasteiger charge is -2.33. The summed E-state index contributed by atoms with van der Waals surface area (Å²) in [5, 5.41) is 0. The van der Waals surface area contributed by atoms with Crippen molar-refractivity contribution in [2.45, 2.75) is 39.5 Å². The van der Waals surface area contributed by atoms with Crippen molar-refractivity contribution in [1.29, 1.82) is 0 Å². The van der Waals surface area contributed by atoms with Gasteiger partial charge in [0.05, 0.1) is 0 Å². The second kappa shape index (κ2) is 7.52. The molecule has 0 radical (unpaired) electrons. The molecule has 1 aromatic carbocycles. The van der Waals surface area contributed by atoms with E-state index >= 15 is 0 Å². The molecule has 0 spiro atoms. The van der Waals surface area contributed by atoms with Crippen molar-refractivity contribution in [2.24, 2.45) is 11.8 Å². The van der Waals surface area contributed by atoms with Crippen LogP contribution in [0.2, 0.25) is 0 Å². The lowest BCUT2D eigenvalue weighted by molar-refractivity contribution is -0.137. The zero-order valence-electron chi connectivity index (χ0n) is 13.3. The van der Waals surface area contributed by atoms with Crippen LogP contribution < -0.4 is 0 Å². The smallest absolute Gasteiger partial charge is 0.225 e. The highest BCUT2D eigenvalue weighted by atomic mass is 19.1. The SMILES string of the molecule is CCC(CC)C(=O)N1CCC(C(=O)c2ccc(F)cc2)CC1. The Labute approximate surface area is 131 Å². The highest BCUT2D eigenvalue weighted by Crippen LogP contribution is 2.24. The summed E-state index contributed by atoms with van der Waals surface area (Å²) in [5.41, 5.74) is 0.561. The number of nitrogens with zero attached hydrogens (tertiary/aromatic N) is 1. The summed E-state index contributed by atoms with van der Waals surface area (Å²) in [5.74, 6) is -0.00461. The number of rotatable bonds is 5. The normalized spacial score (nSPS) is 16.1. The van der Waals surface area contributed by atoms with Gasteiger partial charge in [0.15, 0.2) is 5.78 Å². The van der Waals surface area contributed by atoms with E-state index < -0.39 is 0 Å². The lowest BCUT2D eigenvalue weighted by Crippen LogP contribution is -2.43. The van der Waals surface area contributed by atoms with Gasteiger partial charge in [-0.3, -0.25) is 9.59 Å². The first-order chi connectivity index (χ1) is 10.6. The van der Waals surface area contributed by atoms with Crippen LogP contribution in [0.15, 0.2) is 24.3 Å². The second-order valence-corrected chi connectivity index (χ2v) is 5.98. The standard InChI is InChI=1S/C18H24FNO2/c1-3-13(4-2)18(22)20-11-9-15(10-12-20)17(21)14-5-7-16(19)8-6-14/h5-8,13,15H,3-4,9-12H2,1-2H3. The highest BCUT2D eigenvalue weighted by Gasteiger charge is 2.29. The molecule has 0 bridgehead atoms. The summed E-state index contributed by atoms with van der Waals surface area (Å²) < 4.78 is 12.9. The van der Waals surface area contributed by atoms with E-state index in [1.165, 1.54) is 12.1 Å². The van der Waals surface area contributed by atoms with Crippen LogP contribution >= 0.6 is 0 Å². The monoisotopic (exact) mass is 305 g/mol. The summed E-state index contributed by atoms with van der Waals surface area (Å²) >= 11 is 0. The van der Waals surface area contributed by atoms with Crippen molar-refractivity contribution >= 4 is 11.7 Å². The van der Waals surface area contributed by atoms with Crippen molar-refractivity contribution < 1.29 is 14.0 Å². The number of hydrogen-bond acceptors (Lipinski definition) is 2. The zero-order chi connectivity index (χ0) is 16.1. The average Bonchev–Trinajstić information content (AvgIpc) is 2.56. The molecular formula is C18H24FNO2. The molecule has 1 saturated heterocycles. The Morgan fingerprint density at radius 1 is 1.14 bits per heavy atom. The van der Waals surface area contributed by atoms with Crippen molar-refractivity contribution in [2.75, 3.05) is 13.1 Å². The van der Waals surface area contributed by atoms with Gasteiger partial charge in [-0.15, -0.1) is 0 Å². The average molecular weight is 305 g/mol. The van der Waals surface area contributed by atoms with Crippen LogP contribution in [0.3, 0.4) is 0 Å². The first kappa shape index (κ1) is 16.7. The third-order valence-corrected chi connectivity index (χ3v) is 4.64. The van der Waals surface area contributed by atoms with Crippen molar-refractivity contribution in [3.8, 4) is 0 Å². The quantitative estimate of drug-likeness (QED) is 0.778. The number of halogens is 1. The number of carbonyl (C=O) groups is 2. The Morgan fingerprint density at radius 3 is 2.18 bits per heavy atom. The van der Waals surface area contributed by atoms with E-state index in [4.69, 9.17) is 0 Å². The summed E-state index contributed by atoms with van der Waals surface area (Å²) in [6.07, 6.45) is 3.12. The number of likely N-dealkylation sites (tertiary alicyclic amines) is 1. The number of carbonyl (C=O) groups excluding carboxylic acids is 2. The van der Waals surface area contributed by atoms with E-state index in [9.17, 15) is 14.0 Å². The maximum absolute atomic E-state index is 12.9. The van der Waals surface area contributed by atoms with E-state index in [0.29, 0.717) is 31.5 Å². The molecule has 0 unspecified atom stereocenters. The predicted octanol–water partition coefficient (Wildman–Crippen LogP) is 3.68. The molecule has 4 heteroatoms. The Morgan fingerprint density at radius 2 is 1.68 bits per heavy atom. The largest absolute Gasteiger partial charge is 0.342 e. The zero-order valence-corrected chi connectivity index (χ0v) is 13.3. The van der Waals surface area contributed by atoms with Crippen LogP contribution in [0, 0.1) is 17.7 Å². The molecule has 120 valence electrons. The van der Waals surface area contributed by atoms with E-state index in [1.807, 2.05) is 18.7 Å². The van der Waals surface area contributed by atoms with Crippen molar-refractivity contribution in [3.63, 3.8) is 0 Å². The molecule has 22 heavy (non-hydrogen) atoms. The topological polar surface area (TPSA) is 37.4 Å². The molecule has 0 aliphatic carbocycles. The lowest BCUT2D eigenvalue weighted by atomic mass is 9.88. The Hall–Kier alpha value is -1.71. The molecule has 0 N–H and O–H groups in total. The Bertz CT molecular complexity index is 514. The molecule has 1 heterocycles. The van der Waals surface area contributed by atoms with Crippen LogP contribution in [0.5, 0.6) is 0 Å². The van der Waals surface area contributed by atoms with E-state index in [-0.39, 0.29) is 29.3 Å². The molecule has 0 aromatic heterocycles. The fourth-order valence-electron chi connectivity index (χ4n) is 3.11. The molecule has 1 aromatic rings.